The highest BCUT2D eigenvalue weighted by Gasteiger charge is 2.22. The highest BCUT2D eigenvalue weighted by molar-refractivity contribution is 7.22. The topological polar surface area (TPSA) is 33.2 Å². The Hall–Kier alpha value is -2.17. The van der Waals surface area contributed by atoms with E-state index >= 15 is 0 Å². The molecule has 3 aromatic rings. The Morgan fingerprint density at radius 3 is 2.62 bits per heavy atom. The molecular formula is C19H17ClN2OS. The van der Waals surface area contributed by atoms with E-state index in [-0.39, 0.29) is 5.91 Å². The van der Waals surface area contributed by atoms with Gasteiger partial charge >= 0.3 is 0 Å². The van der Waals surface area contributed by atoms with Crippen molar-refractivity contribution in [3.8, 4) is 0 Å². The van der Waals surface area contributed by atoms with E-state index < -0.39 is 0 Å². The van der Waals surface area contributed by atoms with Crippen LogP contribution in [0.2, 0.25) is 5.02 Å². The second kappa shape index (κ2) is 6.75. The Morgan fingerprint density at radius 2 is 1.92 bits per heavy atom. The monoisotopic (exact) mass is 356 g/mol. The third-order valence-corrected chi connectivity index (χ3v) is 5.02. The van der Waals surface area contributed by atoms with Crippen molar-refractivity contribution >= 4 is 49.9 Å². The number of rotatable bonds is 3. The first-order valence-corrected chi connectivity index (χ1v) is 8.76. The average Bonchev–Trinajstić information content (AvgIpc) is 2.94. The normalized spacial score (nSPS) is 10.7. The maximum Gasteiger partial charge on any atom is 0.257 e. The van der Waals surface area contributed by atoms with E-state index in [0.29, 0.717) is 10.2 Å². The van der Waals surface area contributed by atoms with Crippen molar-refractivity contribution in [3.63, 3.8) is 0 Å². The smallest absolute Gasteiger partial charge is 0.257 e. The lowest BCUT2D eigenvalue weighted by atomic mass is 10.1. The highest BCUT2D eigenvalue weighted by Crippen LogP contribution is 2.36. The first-order chi connectivity index (χ1) is 11.5. The van der Waals surface area contributed by atoms with Crippen LogP contribution in [0.5, 0.6) is 0 Å². The van der Waals surface area contributed by atoms with Gasteiger partial charge in [-0.3, -0.25) is 9.69 Å². The van der Waals surface area contributed by atoms with Gasteiger partial charge in [0.25, 0.3) is 5.91 Å². The van der Waals surface area contributed by atoms with Crippen LogP contribution in [0.15, 0.2) is 54.1 Å². The fraction of sp³-hybridized carbons (Fsp3) is 0.158. The molecule has 0 unspecified atom stereocenters. The number of carbonyl (C=O) groups is 1. The van der Waals surface area contributed by atoms with Gasteiger partial charge in [0.1, 0.15) is 0 Å². The highest BCUT2D eigenvalue weighted by atomic mass is 35.5. The number of hydrogen-bond acceptors (Lipinski definition) is 3. The number of hydrogen-bond donors (Lipinski definition) is 0. The molecule has 0 radical (unpaired) electrons. The van der Waals surface area contributed by atoms with Crippen LogP contribution in [0.1, 0.15) is 19.4 Å². The molecule has 24 heavy (non-hydrogen) atoms. The molecule has 5 heteroatoms. The first-order valence-electron chi connectivity index (χ1n) is 7.57. The molecule has 0 fully saturated rings. The molecular weight excluding hydrogens is 340 g/mol. The van der Waals surface area contributed by atoms with Crippen LogP contribution in [0, 0.1) is 6.92 Å². The molecule has 0 atom stereocenters. The summed E-state index contributed by atoms with van der Waals surface area (Å²) in [6.07, 6.45) is 1.62. The third-order valence-electron chi connectivity index (χ3n) is 3.59. The fourth-order valence-electron chi connectivity index (χ4n) is 2.42. The van der Waals surface area contributed by atoms with Gasteiger partial charge in [0, 0.05) is 11.1 Å². The van der Waals surface area contributed by atoms with E-state index in [4.69, 9.17) is 11.6 Å². The van der Waals surface area contributed by atoms with Crippen molar-refractivity contribution in [2.45, 2.75) is 20.8 Å². The summed E-state index contributed by atoms with van der Waals surface area (Å²) < 4.78 is 1.04. The molecule has 0 aliphatic heterocycles. The Labute approximate surface area is 150 Å². The van der Waals surface area contributed by atoms with E-state index in [1.54, 1.807) is 11.0 Å². The number of nitrogens with zero attached hydrogens (tertiary/aromatic N) is 2. The summed E-state index contributed by atoms with van der Waals surface area (Å²) in [5, 5.41) is 1.27. The number of allylic oxidation sites excluding steroid dienone is 1. The molecule has 1 amide bonds. The number of benzene rings is 2. The van der Waals surface area contributed by atoms with Gasteiger partial charge in [-0.1, -0.05) is 46.7 Å². The number of thiazole rings is 1. The number of amides is 1. The van der Waals surface area contributed by atoms with Gasteiger partial charge in [-0.15, -0.1) is 0 Å². The summed E-state index contributed by atoms with van der Waals surface area (Å²) in [5.41, 5.74) is 3.43. The minimum absolute atomic E-state index is 0.126. The molecule has 0 spiro atoms. The molecule has 0 aliphatic carbocycles. The van der Waals surface area contributed by atoms with Crippen molar-refractivity contribution in [1.29, 1.82) is 0 Å². The van der Waals surface area contributed by atoms with Crippen molar-refractivity contribution in [3.05, 3.63) is 64.7 Å². The molecule has 0 N–H and O–H groups in total. The molecule has 3 rings (SSSR count). The quantitative estimate of drug-likeness (QED) is 0.548. The largest absolute Gasteiger partial charge is 0.269 e. The van der Waals surface area contributed by atoms with Crippen LogP contribution in [0.4, 0.5) is 10.8 Å². The number of aromatic nitrogens is 1. The zero-order chi connectivity index (χ0) is 17.3. The van der Waals surface area contributed by atoms with Gasteiger partial charge < -0.3 is 0 Å². The van der Waals surface area contributed by atoms with Crippen LogP contribution >= 0.6 is 22.9 Å². The van der Waals surface area contributed by atoms with Crippen LogP contribution in [0.3, 0.4) is 0 Å². The molecule has 0 saturated heterocycles. The second-order valence-corrected chi connectivity index (χ2v) is 7.16. The average molecular weight is 357 g/mol. The van der Waals surface area contributed by atoms with E-state index in [1.165, 1.54) is 11.3 Å². The second-order valence-electron chi connectivity index (χ2n) is 5.74. The number of carbonyl (C=O) groups excluding carboxylic acids is 1. The molecule has 1 heterocycles. The van der Waals surface area contributed by atoms with Gasteiger partial charge in [-0.25, -0.2) is 4.98 Å². The molecule has 1 aromatic heterocycles. The predicted octanol–water partition coefficient (Wildman–Crippen LogP) is 5.89. The first kappa shape index (κ1) is 16.7. The van der Waals surface area contributed by atoms with Crippen molar-refractivity contribution in [2.24, 2.45) is 0 Å². The summed E-state index contributed by atoms with van der Waals surface area (Å²) in [7, 11) is 0. The molecule has 0 aliphatic rings. The summed E-state index contributed by atoms with van der Waals surface area (Å²) in [5.74, 6) is -0.126. The molecule has 0 saturated carbocycles. The molecule has 122 valence electrons. The van der Waals surface area contributed by atoms with Gasteiger partial charge in [0.05, 0.1) is 15.9 Å². The summed E-state index contributed by atoms with van der Waals surface area (Å²) >= 11 is 7.76. The number of fused-ring (bicyclic) bond motifs is 1. The third kappa shape index (κ3) is 3.21. The number of para-hydroxylation sites is 1. The SMILES string of the molecule is CC(C)=CC(=O)N(c1nc2ccccc2s1)c1cccc(Cl)c1C. The summed E-state index contributed by atoms with van der Waals surface area (Å²) in [4.78, 5) is 19.1. The lowest BCUT2D eigenvalue weighted by Crippen LogP contribution is -2.24. The Kier molecular flexibility index (Phi) is 4.69. The van der Waals surface area contributed by atoms with E-state index in [0.717, 1.165) is 27.0 Å². The maximum atomic E-state index is 12.9. The van der Waals surface area contributed by atoms with E-state index in [1.807, 2.05) is 63.2 Å². The predicted molar refractivity (Wildman–Crippen MR) is 102 cm³/mol. The van der Waals surface area contributed by atoms with Gasteiger partial charge in [-0.2, -0.15) is 0 Å². The molecule has 2 aromatic carbocycles. The summed E-state index contributed by atoms with van der Waals surface area (Å²) in [6.45, 7) is 5.71. The standard InChI is InChI=1S/C19H17ClN2OS/c1-12(2)11-18(23)22(16-9-6-7-14(20)13(16)3)19-21-15-8-4-5-10-17(15)24-19/h4-11H,1-3H3. The van der Waals surface area contributed by atoms with Gasteiger partial charge in [0.2, 0.25) is 0 Å². The van der Waals surface area contributed by atoms with Gasteiger partial charge in [0.15, 0.2) is 5.13 Å². The number of halogens is 1. The zero-order valence-electron chi connectivity index (χ0n) is 13.7. The minimum Gasteiger partial charge on any atom is -0.269 e. The van der Waals surface area contributed by atoms with Crippen molar-refractivity contribution < 1.29 is 4.79 Å². The molecule has 0 bridgehead atoms. The van der Waals surface area contributed by atoms with Crippen LogP contribution < -0.4 is 4.90 Å². The summed E-state index contributed by atoms with van der Waals surface area (Å²) in [6, 6.07) is 13.4. The Bertz CT molecular complexity index is 908. The number of anilines is 2. The van der Waals surface area contributed by atoms with E-state index in [9.17, 15) is 4.79 Å². The molecule has 3 nitrogen and oxygen atoms in total. The Balaban J connectivity index is 2.20. The fourth-order valence-corrected chi connectivity index (χ4v) is 3.58. The minimum atomic E-state index is -0.126. The van der Waals surface area contributed by atoms with Gasteiger partial charge in [-0.05, 0) is 50.6 Å². The lowest BCUT2D eigenvalue weighted by molar-refractivity contribution is -0.113. The van der Waals surface area contributed by atoms with Crippen molar-refractivity contribution in [2.75, 3.05) is 4.90 Å². The van der Waals surface area contributed by atoms with Crippen LogP contribution in [-0.4, -0.2) is 10.9 Å². The maximum absolute atomic E-state index is 12.9. The van der Waals surface area contributed by atoms with E-state index in [2.05, 4.69) is 4.98 Å². The lowest BCUT2D eigenvalue weighted by Gasteiger charge is -2.21. The Morgan fingerprint density at radius 1 is 1.17 bits per heavy atom. The van der Waals surface area contributed by atoms with Crippen LogP contribution in [0.25, 0.3) is 10.2 Å². The zero-order valence-corrected chi connectivity index (χ0v) is 15.3. The van der Waals surface area contributed by atoms with Crippen LogP contribution in [-0.2, 0) is 4.79 Å². The van der Waals surface area contributed by atoms with Crippen molar-refractivity contribution in [1.82, 2.24) is 4.98 Å².